The van der Waals surface area contributed by atoms with Gasteiger partial charge in [-0.25, -0.2) is 0 Å². The predicted molar refractivity (Wildman–Crippen MR) is 65.8 cm³/mol. The van der Waals surface area contributed by atoms with Gasteiger partial charge < -0.3 is 0 Å². The Kier molecular flexibility index (Phi) is 7.08. The molecule has 1 unspecified atom stereocenters. The summed E-state index contributed by atoms with van der Waals surface area (Å²) in [6.45, 7) is 0.786. The first-order valence-electron chi connectivity index (χ1n) is 5.28. The van der Waals surface area contributed by atoms with Crippen molar-refractivity contribution in [3.05, 3.63) is 0 Å². The normalized spacial score (nSPS) is 16.0. The average Bonchev–Trinajstić information content (AvgIpc) is 2.25. The van der Waals surface area contributed by atoms with Gasteiger partial charge in [-0.15, -0.1) is 0 Å². The Bertz CT molecular complexity index is 362. The summed E-state index contributed by atoms with van der Waals surface area (Å²) in [4.78, 5) is 13.3. The van der Waals surface area contributed by atoms with Crippen LogP contribution in [0.4, 0.5) is 26.3 Å². The molecule has 1 atom stereocenters. The molecule has 0 heterocycles. The summed E-state index contributed by atoms with van der Waals surface area (Å²) in [5, 5.41) is 9.27. The van der Waals surface area contributed by atoms with Crippen molar-refractivity contribution in [1.82, 2.24) is 0 Å². The Morgan fingerprint density at radius 2 is 1.57 bits per heavy atom. The number of aliphatic hydroxyl groups is 1. The first kappa shape index (κ1) is 21.5. The molecule has 128 valence electrons. The van der Waals surface area contributed by atoms with E-state index in [1.165, 1.54) is 0 Å². The van der Waals surface area contributed by atoms with Gasteiger partial charge in [0.2, 0.25) is 0 Å². The Hall–Kier alpha value is 0.470. The Morgan fingerprint density at radius 3 is 1.81 bits per heavy atom. The van der Waals surface area contributed by atoms with Crippen molar-refractivity contribution < 1.29 is 62.2 Å². The molecule has 0 spiro atoms. The molecule has 0 rings (SSSR count). The monoisotopic (exact) mass is 549 g/mol. The number of rotatable bonds is 5. The Labute approximate surface area is 141 Å². The van der Waals surface area contributed by atoms with E-state index >= 15 is 0 Å². The van der Waals surface area contributed by atoms with Gasteiger partial charge in [-0.2, -0.15) is 0 Å². The second-order valence-electron chi connectivity index (χ2n) is 4.48. The van der Waals surface area contributed by atoms with Crippen molar-refractivity contribution in [2.75, 3.05) is 9.36 Å². The van der Waals surface area contributed by atoms with E-state index in [2.05, 4.69) is 4.74 Å². The van der Waals surface area contributed by atoms with Crippen LogP contribution in [-0.2, 0) is 9.53 Å². The van der Waals surface area contributed by atoms with Crippen LogP contribution in [0.25, 0.3) is 0 Å². The van der Waals surface area contributed by atoms with Crippen LogP contribution in [-0.4, -0.2) is 47.9 Å². The number of halogens is 8. The van der Waals surface area contributed by atoms with Gasteiger partial charge in [0.15, 0.2) is 0 Å². The standard InChI is InChI=1S/C10H13F6I2O3/c1-7(2,21-6(19)5(4-17)18-3)8(20,9(11,12)13)10(14,15)16/h5,20H,4H2,1-3H3/q-1. The number of hydrogen-bond donors (Lipinski definition) is 1. The second kappa shape index (κ2) is 6.93. The molecule has 0 aliphatic rings. The van der Waals surface area contributed by atoms with Crippen molar-refractivity contribution in [2.45, 2.75) is 41.3 Å². The van der Waals surface area contributed by atoms with E-state index in [1.807, 2.05) is 0 Å². The molecular formula is C10H13F6I2O3-. The summed E-state index contributed by atoms with van der Waals surface area (Å²) < 4.78 is 80.4. The molecule has 0 radical (unpaired) electrons. The molecule has 0 aromatic heterocycles. The van der Waals surface area contributed by atoms with Crippen LogP contribution >= 0.6 is 22.6 Å². The van der Waals surface area contributed by atoms with Crippen LogP contribution in [0.1, 0.15) is 13.8 Å². The quantitative estimate of drug-likeness (QED) is 0.222. The van der Waals surface area contributed by atoms with Crippen molar-refractivity contribution in [2.24, 2.45) is 0 Å². The molecule has 0 saturated heterocycles. The first-order valence-corrected chi connectivity index (χ1v) is 10.2. The molecule has 0 aromatic rings. The third-order valence-corrected chi connectivity index (χ3v) is 7.72. The SMILES string of the molecule is C[I-]C(CI)C(=O)OC(C)(C)C(O)(C(F)(F)F)C(F)(F)F. The third kappa shape index (κ3) is 4.26. The molecule has 3 nitrogen and oxygen atoms in total. The minimum absolute atomic E-state index is 0.215. The van der Waals surface area contributed by atoms with Crippen molar-refractivity contribution in [3.63, 3.8) is 0 Å². The van der Waals surface area contributed by atoms with Crippen molar-refractivity contribution in [1.29, 1.82) is 0 Å². The van der Waals surface area contributed by atoms with Crippen LogP contribution in [0.3, 0.4) is 0 Å². The molecule has 0 fully saturated rings. The van der Waals surface area contributed by atoms with E-state index in [0.717, 1.165) is 0 Å². The molecular weight excluding hydrogens is 536 g/mol. The van der Waals surface area contributed by atoms with E-state index in [1.54, 1.807) is 27.5 Å². The van der Waals surface area contributed by atoms with Gasteiger partial charge in [-0.05, 0) is 0 Å². The average molecular weight is 549 g/mol. The summed E-state index contributed by atoms with van der Waals surface area (Å²) in [5.41, 5.74) is -8.35. The van der Waals surface area contributed by atoms with Crippen LogP contribution in [0, 0.1) is 0 Å². The minimum atomic E-state index is -6.05. The second-order valence-corrected chi connectivity index (χ2v) is 8.11. The topological polar surface area (TPSA) is 46.5 Å². The van der Waals surface area contributed by atoms with E-state index < -0.39 is 54.7 Å². The number of carbonyl (C=O) groups is 1. The third-order valence-electron chi connectivity index (χ3n) is 2.70. The van der Waals surface area contributed by atoms with Gasteiger partial charge in [0, 0.05) is 0 Å². The number of esters is 1. The van der Waals surface area contributed by atoms with E-state index in [9.17, 15) is 36.2 Å². The zero-order valence-corrected chi connectivity index (χ0v) is 15.4. The number of alkyl halides is 9. The van der Waals surface area contributed by atoms with Gasteiger partial charge in [-0.1, -0.05) is 0 Å². The molecule has 0 amide bonds. The van der Waals surface area contributed by atoms with E-state index in [4.69, 9.17) is 0 Å². The zero-order valence-electron chi connectivity index (χ0n) is 11.1. The fourth-order valence-corrected chi connectivity index (χ4v) is 5.00. The number of ether oxygens (including phenoxy) is 1. The molecule has 0 aliphatic carbocycles. The molecule has 0 bridgehead atoms. The molecule has 0 aliphatic heterocycles. The van der Waals surface area contributed by atoms with Crippen LogP contribution < -0.4 is 21.2 Å². The summed E-state index contributed by atoms with van der Waals surface area (Å²) >= 11 is 1.02. The van der Waals surface area contributed by atoms with Gasteiger partial charge in [0.25, 0.3) is 0 Å². The summed E-state index contributed by atoms with van der Waals surface area (Å²) in [6, 6.07) is 0. The van der Waals surface area contributed by atoms with Gasteiger partial charge in [-0.3, -0.25) is 0 Å². The van der Waals surface area contributed by atoms with Crippen LogP contribution in [0.2, 0.25) is 0 Å². The molecule has 0 saturated carbocycles. The summed E-state index contributed by atoms with van der Waals surface area (Å²) in [5.74, 6) is -1.17. The van der Waals surface area contributed by atoms with Crippen LogP contribution in [0.5, 0.6) is 0 Å². The van der Waals surface area contributed by atoms with Gasteiger partial charge in [0.1, 0.15) is 0 Å². The molecule has 0 aromatic carbocycles. The van der Waals surface area contributed by atoms with Gasteiger partial charge in [0.05, 0.1) is 0 Å². The van der Waals surface area contributed by atoms with Crippen molar-refractivity contribution in [3.8, 4) is 0 Å². The number of hydrogen-bond acceptors (Lipinski definition) is 3. The number of carbonyl (C=O) groups excluding carboxylic acids is 1. The van der Waals surface area contributed by atoms with E-state index in [-0.39, 0.29) is 4.43 Å². The Balaban J connectivity index is 5.67. The van der Waals surface area contributed by atoms with Gasteiger partial charge >= 0.3 is 141 Å². The molecule has 1 N–H and O–H groups in total. The first-order chi connectivity index (χ1) is 9.15. The zero-order chi connectivity index (χ0) is 17.3. The van der Waals surface area contributed by atoms with Crippen LogP contribution in [0.15, 0.2) is 0 Å². The maximum atomic E-state index is 12.8. The van der Waals surface area contributed by atoms with Crippen molar-refractivity contribution >= 4 is 28.6 Å². The predicted octanol–water partition coefficient (Wildman–Crippen LogP) is -0.314. The maximum absolute atomic E-state index is 12.8. The molecule has 11 heteroatoms. The Morgan fingerprint density at radius 1 is 1.19 bits per heavy atom. The van der Waals surface area contributed by atoms with E-state index in [0.29, 0.717) is 13.8 Å². The molecule has 21 heavy (non-hydrogen) atoms. The summed E-state index contributed by atoms with van der Waals surface area (Å²) in [7, 11) is 0. The fraction of sp³-hybridized carbons (Fsp3) is 0.900. The fourth-order valence-electron chi connectivity index (χ4n) is 1.44. The summed E-state index contributed by atoms with van der Waals surface area (Å²) in [6.07, 6.45) is -12.1.